The van der Waals surface area contributed by atoms with Gasteiger partial charge in [0.1, 0.15) is 5.52 Å². The van der Waals surface area contributed by atoms with Crippen molar-refractivity contribution in [1.82, 2.24) is 10.3 Å². The smallest absolute Gasteiger partial charge is 0.237 e. The molecule has 0 spiro atoms. The topological polar surface area (TPSA) is 38.1 Å². The zero-order valence-electron chi connectivity index (χ0n) is 10.1. The number of aromatic nitrogens is 1. The number of thiophene rings is 1. The van der Waals surface area contributed by atoms with Crippen LogP contribution in [0.5, 0.6) is 0 Å². The summed E-state index contributed by atoms with van der Waals surface area (Å²) in [7, 11) is 0. The molecule has 1 N–H and O–H groups in total. The highest BCUT2D eigenvalue weighted by atomic mass is 32.1. The SMILES string of the molecule is CCNCc1ccc2oc(-c3cccs3)nc2c1. The van der Waals surface area contributed by atoms with Crippen molar-refractivity contribution < 1.29 is 4.42 Å². The number of nitrogens with zero attached hydrogens (tertiary/aromatic N) is 1. The number of hydrogen-bond donors (Lipinski definition) is 1. The molecule has 3 rings (SSSR count). The molecule has 4 heteroatoms. The number of fused-ring (bicyclic) bond motifs is 1. The monoisotopic (exact) mass is 258 g/mol. The molecule has 0 unspecified atom stereocenters. The van der Waals surface area contributed by atoms with E-state index >= 15 is 0 Å². The first-order valence-electron chi connectivity index (χ1n) is 6.01. The molecular weight excluding hydrogens is 244 g/mol. The van der Waals surface area contributed by atoms with Crippen molar-refractivity contribution >= 4 is 22.4 Å². The molecule has 0 aliphatic heterocycles. The second-order valence-corrected chi connectivity index (χ2v) is 5.03. The van der Waals surface area contributed by atoms with Crippen LogP contribution in [0.4, 0.5) is 0 Å². The van der Waals surface area contributed by atoms with Crippen molar-refractivity contribution in [3.63, 3.8) is 0 Å². The normalized spacial score (nSPS) is 11.2. The van der Waals surface area contributed by atoms with Crippen LogP contribution in [0, 0.1) is 0 Å². The molecule has 1 aromatic carbocycles. The second kappa shape index (κ2) is 4.92. The first-order valence-corrected chi connectivity index (χ1v) is 6.89. The summed E-state index contributed by atoms with van der Waals surface area (Å²) >= 11 is 1.64. The van der Waals surface area contributed by atoms with Gasteiger partial charge < -0.3 is 9.73 Å². The molecule has 2 aromatic heterocycles. The van der Waals surface area contributed by atoms with Crippen LogP contribution >= 0.6 is 11.3 Å². The molecule has 0 saturated carbocycles. The lowest BCUT2D eigenvalue weighted by Gasteiger charge is -2.00. The Morgan fingerprint density at radius 1 is 1.33 bits per heavy atom. The number of rotatable bonds is 4. The molecule has 0 atom stereocenters. The van der Waals surface area contributed by atoms with E-state index < -0.39 is 0 Å². The van der Waals surface area contributed by atoms with Gasteiger partial charge in [0, 0.05) is 6.54 Å². The van der Waals surface area contributed by atoms with Gasteiger partial charge in [0.2, 0.25) is 5.89 Å². The maximum atomic E-state index is 5.75. The summed E-state index contributed by atoms with van der Waals surface area (Å²) in [5.41, 5.74) is 3.00. The molecule has 0 radical (unpaired) electrons. The molecule has 0 saturated heterocycles. The van der Waals surface area contributed by atoms with E-state index in [9.17, 15) is 0 Å². The third-order valence-electron chi connectivity index (χ3n) is 2.76. The molecule has 0 aliphatic carbocycles. The van der Waals surface area contributed by atoms with Gasteiger partial charge in [-0.1, -0.05) is 19.1 Å². The van der Waals surface area contributed by atoms with Crippen molar-refractivity contribution in [3.8, 4) is 10.8 Å². The number of hydrogen-bond acceptors (Lipinski definition) is 4. The predicted molar refractivity (Wildman–Crippen MR) is 74.7 cm³/mol. The lowest BCUT2D eigenvalue weighted by atomic mass is 10.2. The maximum Gasteiger partial charge on any atom is 0.237 e. The van der Waals surface area contributed by atoms with Gasteiger partial charge in [0.05, 0.1) is 4.88 Å². The van der Waals surface area contributed by atoms with Crippen LogP contribution in [0.25, 0.3) is 21.9 Å². The fourth-order valence-electron chi connectivity index (χ4n) is 1.86. The van der Waals surface area contributed by atoms with Crippen LogP contribution in [-0.4, -0.2) is 11.5 Å². The Morgan fingerprint density at radius 2 is 2.28 bits per heavy atom. The Bertz CT molecular complexity index is 643. The highest BCUT2D eigenvalue weighted by molar-refractivity contribution is 7.13. The van der Waals surface area contributed by atoms with Crippen LogP contribution in [0.2, 0.25) is 0 Å². The maximum absolute atomic E-state index is 5.75. The average Bonchev–Trinajstić information content (AvgIpc) is 3.03. The van der Waals surface area contributed by atoms with Gasteiger partial charge in [-0.15, -0.1) is 11.3 Å². The van der Waals surface area contributed by atoms with Gasteiger partial charge in [-0.25, -0.2) is 4.98 Å². The fraction of sp³-hybridized carbons (Fsp3) is 0.214. The molecule has 3 aromatic rings. The Balaban J connectivity index is 1.97. The van der Waals surface area contributed by atoms with E-state index in [1.165, 1.54) is 5.56 Å². The Labute approximate surface area is 109 Å². The summed E-state index contributed by atoms with van der Waals surface area (Å²) in [6.07, 6.45) is 0. The summed E-state index contributed by atoms with van der Waals surface area (Å²) < 4.78 is 5.75. The number of nitrogens with one attached hydrogen (secondary N) is 1. The molecule has 18 heavy (non-hydrogen) atoms. The van der Waals surface area contributed by atoms with E-state index in [-0.39, 0.29) is 0 Å². The zero-order chi connectivity index (χ0) is 12.4. The molecule has 92 valence electrons. The van der Waals surface area contributed by atoms with Gasteiger partial charge in [-0.2, -0.15) is 0 Å². The van der Waals surface area contributed by atoms with E-state index in [0.717, 1.165) is 29.1 Å². The molecule has 0 aliphatic rings. The number of benzene rings is 1. The molecular formula is C14H14N2OS. The first-order chi connectivity index (χ1) is 8.86. The van der Waals surface area contributed by atoms with Crippen molar-refractivity contribution in [2.24, 2.45) is 0 Å². The third-order valence-corrected chi connectivity index (χ3v) is 3.62. The van der Waals surface area contributed by atoms with E-state index in [1.54, 1.807) is 11.3 Å². The Morgan fingerprint density at radius 3 is 3.06 bits per heavy atom. The predicted octanol–water partition coefficient (Wildman–Crippen LogP) is 3.67. The quantitative estimate of drug-likeness (QED) is 0.776. The third kappa shape index (κ3) is 2.17. The van der Waals surface area contributed by atoms with Gasteiger partial charge in [-0.3, -0.25) is 0 Å². The summed E-state index contributed by atoms with van der Waals surface area (Å²) in [4.78, 5) is 5.61. The van der Waals surface area contributed by atoms with E-state index in [1.807, 2.05) is 23.6 Å². The summed E-state index contributed by atoms with van der Waals surface area (Å²) in [5.74, 6) is 0.709. The minimum atomic E-state index is 0.709. The average molecular weight is 258 g/mol. The zero-order valence-corrected chi connectivity index (χ0v) is 11.0. The second-order valence-electron chi connectivity index (χ2n) is 4.08. The first kappa shape index (κ1) is 11.4. The minimum absolute atomic E-state index is 0.709. The van der Waals surface area contributed by atoms with Crippen molar-refractivity contribution in [1.29, 1.82) is 0 Å². The van der Waals surface area contributed by atoms with Crippen molar-refractivity contribution in [3.05, 3.63) is 41.3 Å². The molecule has 3 nitrogen and oxygen atoms in total. The fourth-order valence-corrected chi connectivity index (χ4v) is 2.51. The summed E-state index contributed by atoms with van der Waals surface area (Å²) in [6.45, 7) is 3.94. The lowest BCUT2D eigenvalue weighted by Crippen LogP contribution is -2.11. The van der Waals surface area contributed by atoms with Gasteiger partial charge >= 0.3 is 0 Å². The van der Waals surface area contributed by atoms with Crippen LogP contribution < -0.4 is 5.32 Å². The van der Waals surface area contributed by atoms with Gasteiger partial charge in [0.15, 0.2) is 5.58 Å². The summed E-state index contributed by atoms with van der Waals surface area (Å²) in [5, 5.41) is 5.34. The van der Waals surface area contributed by atoms with Gasteiger partial charge in [0.25, 0.3) is 0 Å². The number of oxazole rings is 1. The Hall–Kier alpha value is -1.65. The molecule has 2 heterocycles. The molecule has 0 bridgehead atoms. The van der Waals surface area contributed by atoms with Crippen LogP contribution in [0.3, 0.4) is 0 Å². The van der Waals surface area contributed by atoms with Crippen LogP contribution in [0.1, 0.15) is 12.5 Å². The van der Waals surface area contributed by atoms with E-state index in [4.69, 9.17) is 4.42 Å². The van der Waals surface area contributed by atoms with Crippen molar-refractivity contribution in [2.75, 3.05) is 6.54 Å². The standard InChI is InChI=1S/C14H14N2OS/c1-2-15-9-10-5-6-12-11(8-10)16-14(17-12)13-4-3-7-18-13/h3-8,15H,2,9H2,1H3. The molecule has 0 fully saturated rings. The van der Waals surface area contributed by atoms with Gasteiger partial charge in [-0.05, 0) is 35.7 Å². The molecule has 0 amide bonds. The van der Waals surface area contributed by atoms with Crippen molar-refractivity contribution in [2.45, 2.75) is 13.5 Å². The minimum Gasteiger partial charge on any atom is -0.435 e. The van der Waals surface area contributed by atoms with Crippen LogP contribution in [-0.2, 0) is 6.54 Å². The lowest BCUT2D eigenvalue weighted by molar-refractivity contribution is 0.621. The highest BCUT2D eigenvalue weighted by Gasteiger charge is 2.09. The largest absolute Gasteiger partial charge is 0.435 e. The Kier molecular flexibility index (Phi) is 3.13. The van der Waals surface area contributed by atoms with E-state index in [0.29, 0.717) is 5.89 Å². The van der Waals surface area contributed by atoms with Crippen LogP contribution in [0.15, 0.2) is 40.1 Å². The highest BCUT2D eigenvalue weighted by Crippen LogP contribution is 2.27. The van der Waals surface area contributed by atoms with E-state index in [2.05, 4.69) is 29.4 Å². The summed E-state index contributed by atoms with van der Waals surface area (Å²) in [6, 6.07) is 10.2.